The first kappa shape index (κ1) is 15.9. The van der Waals surface area contributed by atoms with Crippen LogP contribution in [0.5, 0.6) is 0 Å². The van der Waals surface area contributed by atoms with E-state index in [0.29, 0.717) is 18.0 Å². The number of carbonyl (C=O) groups excluding carboxylic acids is 1. The van der Waals surface area contributed by atoms with Gasteiger partial charge in [-0.25, -0.2) is 0 Å². The van der Waals surface area contributed by atoms with E-state index in [4.69, 9.17) is 5.11 Å². The fourth-order valence-electron chi connectivity index (χ4n) is 2.57. The smallest absolute Gasteiger partial charge is 0.305 e. The second-order valence-corrected chi connectivity index (χ2v) is 6.71. The molecular formula is C14H21N3O3S. The number of carbonyl (C=O) groups is 2. The minimum Gasteiger partial charge on any atom is -0.481 e. The molecule has 1 aliphatic rings. The fourth-order valence-corrected chi connectivity index (χ4v) is 3.63. The lowest BCUT2D eigenvalue weighted by Gasteiger charge is -2.34. The van der Waals surface area contributed by atoms with Crippen molar-refractivity contribution in [2.45, 2.75) is 32.2 Å². The molecule has 0 bridgehead atoms. The van der Waals surface area contributed by atoms with Crippen LogP contribution in [0.15, 0.2) is 6.07 Å². The highest BCUT2D eigenvalue weighted by atomic mass is 32.2. The van der Waals surface area contributed by atoms with E-state index in [1.165, 1.54) is 0 Å². The molecule has 1 aliphatic heterocycles. The SMILES string of the molecule is CC(C)c1cc(C(=O)N2CCSCC2CC(=O)O)nn1C. The van der Waals surface area contributed by atoms with Gasteiger partial charge in [0.2, 0.25) is 0 Å². The molecule has 0 saturated carbocycles. The van der Waals surface area contributed by atoms with E-state index >= 15 is 0 Å². The summed E-state index contributed by atoms with van der Waals surface area (Å²) in [5.74, 6) is 0.761. The van der Waals surface area contributed by atoms with Gasteiger partial charge in [0.05, 0.1) is 12.5 Å². The first-order valence-electron chi connectivity index (χ1n) is 7.04. The molecule has 0 aliphatic carbocycles. The van der Waals surface area contributed by atoms with Crippen LogP contribution in [0.4, 0.5) is 0 Å². The number of carboxylic acid groups (broad SMARTS) is 1. The molecule has 116 valence electrons. The summed E-state index contributed by atoms with van der Waals surface area (Å²) in [6.07, 6.45) is -0.0113. The van der Waals surface area contributed by atoms with Crippen molar-refractivity contribution in [3.8, 4) is 0 Å². The standard InChI is InChI=1S/C14H21N3O3S/c1-9(2)12-7-11(15-16(12)3)14(20)17-4-5-21-8-10(17)6-13(18)19/h7,9-10H,4-6,8H2,1-3H3,(H,18,19). The number of aliphatic carboxylic acids is 1. The van der Waals surface area contributed by atoms with Crippen LogP contribution >= 0.6 is 11.8 Å². The maximum absolute atomic E-state index is 12.6. The molecule has 2 rings (SSSR count). The molecule has 1 aromatic rings. The number of thioether (sulfide) groups is 1. The molecule has 2 heterocycles. The summed E-state index contributed by atoms with van der Waals surface area (Å²) in [6, 6.07) is 1.56. The van der Waals surface area contributed by atoms with Crippen LogP contribution in [0.25, 0.3) is 0 Å². The normalized spacial score (nSPS) is 19.0. The molecule has 1 atom stereocenters. The van der Waals surface area contributed by atoms with Crippen LogP contribution in [-0.4, -0.2) is 55.8 Å². The second kappa shape index (κ2) is 6.51. The minimum absolute atomic E-state index is 0.0113. The Morgan fingerprint density at radius 1 is 1.52 bits per heavy atom. The third-order valence-electron chi connectivity index (χ3n) is 3.63. The van der Waals surface area contributed by atoms with E-state index in [2.05, 4.69) is 18.9 Å². The molecule has 21 heavy (non-hydrogen) atoms. The Morgan fingerprint density at radius 3 is 2.81 bits per heavy atom. The first-order chi connectivity index (χ1) is 9.90. The zero-order chi connectivity index (χ0) is 15.6. The molecule has 1 N–H and O–H groups in total. The lowest BCUT2D eigenvalue weighted by molar-refractivity contribution is -0.138. The summed E-state index contributed by atoms with van der Waals surface area (Å²) < 4.78 is 1.72. The van der Waals surface area contributed by atoms with Gasteiger partial charge in [-0.05, 0) is 12.0 Å². The van der Waals surface area contributed by atoms with Gasteiger partial charge in [-0.2, -0.15) is 16.9 Å². The monoisotopic (exact) mass is 311 g/mol. The number of carboxylic acids is 1. The number of hydrogen-bond donors (Lipinski definition) is 1. The van der Waals surface area contributed by atoms with Gasteiger partial charge in [0.1, 0.15) is 0 Å². The highest BCUT2D eigenvalue weighted by Crippen LogP contribution is 2.22. The third-order valence-corrected chi connectivity index (χ3v) is 4.72. The zero-order valence-corrected chi connectivity index (χ0v) is 13.4. The molecule has 0 spiro atoms. The van der Waals surface area contributed by atoms with Crippen LogP contribution in [0.3, 0.4) is 0 Å². The van der Waals surface area contributed by atoms with E-state index < -0.39 is 5.97 Å². The molecule has 1 fully saturated rings. The average Bonchev–Trinajstić information content (AvgIpc) is 2.80. The van der Waals surface area contributed by atoms with E-state index in [0.717, 1.165) is 11.4 Å². The zero-order valence-electron chi connectivity index (χ0n) is 12.6. The predicted molar refractivity (Wildman–Crippen MR) is 81.7 cm³/mol. The Morgan fingerprint density at radius 2 is 2.24 bits per heavy atom. The molecule has 1 unspecified atom stereocenters. The van der Waals surface area contributed by atoms with Crippen molar-refractivity contribution in [1.29, 1.82) is 0 Å². The number of nitrogens with zero attached hydrogens (tertiary/aromatic N) is 3. The summed E-state index contributed by atoms with van der Waals surface area (Å²) in [7, 11) is 1.83. The number of amides is 1. The highest BCUT2D eigenvalue weighted by molar-refractivity contribution is 7.99. The third kappa shape index (κ3) is 3.58. The van der Waals surface area contributed by atoms with Crippen LogP contribution in [0.2, 0.25) is 0 Å². The molecule has 7 heteroatoms. The number of rotatable bonds is 4. The van der Waals surface area contributed by atoms with E-state index in [-0.39, 0.29) is 24.3 Å². The van der Waals surface area contributed by atoms with Gasteiger partial charge in [0.15, 0.2) is 5.69 Å². The molecule has 1 amide bonds. The Kier molecular flexibility index (Phi) is 4.92. The van der Waals surface area contributed by atoms with Crippen molar-refractivity contribution < 1.29 is 14.7 Å². The van der Waals surface area contributed by atoms with Crippen LogP contribution in [-0.2, 0) is 11.8 Å². The van der Waals surface area contributed by atoms with Gasteiger partial charge in [0, 0.05) is 30.8 Å². The minimum atomic E-state index is -0.871. The molecule has 0 aromatic carbocycles. The summed E-state index contributed by atoms with van der Waals surface area (Å²) in [4.78, 5) is 25.2. The summed E-state index contributed by atoms with van der Waals surface area (Å²) in [5.41, 5.74) is 1.41. The molecular weight excluding hydrogens is 290 g/mol. The first-order valence-corrected chi connectivity index (χ1v) is 8.20. The Bertz CT molecular complexity index is 542. The van der Waals surface area contributed by atoms with Gasteiger partial charge in [-0.3, -0.25) is 14.3 Å². The maximum Gasteiger partial charge on any atom is 0.305 e. The van der Waals surface area contributed by atoms with Gasteiger partial charge < -0.3 is 10.0 Å². The Hall–Kier alpha value is -1.50. The molecule has 1 saturated heterocycles. The summed E-state index contributed by atoms with van der Waals surface area (Å²) >= 11 is 1.69. The van der Waals surface area contributed by atoms with Crippen molar-refractivity contribution in [3.05, 3.63) is 17.5 Å². The van der Waals surface area contributed by atoms with Crippen LogP contribution in [0, 0.1) is 0 Å². The number of aryl methyl sites for hydroxylation is 1. The second-order valence-electron chi connectivity index (χ2n) is 5.56. The predicted octanol–water partition coefficient (Wildman–Crippen LogP) is 1.58. The molecule has 6 nitrogen and oxygen atoms in total. The van der Waals surface area contributed by atoms with Crippen molar-refractivity contribution in [3.63, 3.8) is 0 Å². The summed E-state index contributed by atoms with van der Waals surface area (Å²) in [6.45, 7) is 4.68. The van der Waals surface area contributed by atoms with E-state index in [9.17, 15) is 9.59 Å². The van der Waals surface area contributed by atoms with E-state index in [1.807, 2.05) is 13.1 Å². The highest BCUT2D eigenvalue weighted by Gasteiger charge is 2.31. The maximum atomic E-state index is 12.6. The topological polar surface area (TPSA) is 75.4 Å². The lowest BCUT2D eigenvalue weighted by Crippen LogP contribution is -2.47. The quantitative estimate of drug-likeness (QED) is 0.913. The average molecular weight is 311 g/mol. The Balaban J connectivity index is 2.20. The van der Waals surface area contributed by atoms with Gasteiger partial charge in [-0.15, -0.1) is 0 Å². The van der Waals surface area contributed by atoms with E-state index in [1.54, 1.807) is 21.3 Å². The van der Waals surface area contributed by atoms with Gasteiger partial charge >= 0.3 is 5.97 Å². The van der Waals surface area contributed by atoms with Crippen LogP contribution in [0.1, 0.15) is 42.4 Å². The van der Waals surface area contributed by atoms with Crippen molar-refractivity contribution in [2.75, 3.05) is 18.1 Å². The Labute approximate surface area is 128 Å². The number of aromatic nitrogens is 2. The summed E-state index contributed by atoms with van der Waals surface area (Å²) in [5, 5.41) is 13.3. The van der Waals surface area contributed by atoms with Crippen LogP contribution < -0.4 is 0 Å². The van der Waals surface area contributed by atoms with Gasteiger partial charge in [0.25, 0.3) is 5.91 Å². The number of hydrogen-bond acceptors (Lipinski definition) is 4. The van der Waals surface area contributed by atoms with Crippen molar-refractivity contribution in [2.24, 2.45) is 7.05 Å². The molecule has 1 aromatic heterocycles. The van der Waals surface area contributed by atoms with Crippen molar-refractivity contribution >= 4 is 23.6 Å². The van der Waals surface area contributed by atoms with Crippen molar-refractivity contribution in [1.82, 2.24) is 14.7 Å². The largest absolute Gasteiger partial charge is 0.481 e. The molecule has 0 radical (unpaired) electrons. The lowest BCUT2D eigenvalue weighted by atomic mass is 10.1. The fraction of sp³-hybridized carbons (Fsp3) is 0.643. The van der Waals surface area contributed by atoms with Gasteiger partial charge in [-0.1, -0.05) is 13.8 Å².